The van der Waals surface area contributed by atoms with Crippen LogP contribution in [0.25, 0.3) is 0 Å². The molecule has 1 nitrogen and oxygen atoms in total. The van der Waals surface area contributed by atoms with E-state index in [-0.39, 0.29) is 0 Å². The molecule has 0 saturated carbocycles. The van der Waals surface area contributed by atoms with Crippen molar-refractivity contribution in [1.29, 1.82) is 0 Å². The van der Waals surface area contributed by atoms with Crippen LogP contribution >= 0.6 is 17.2 Å². The van der Waals surface area contributed by atoms with E-state index in [9.17, 15) is 0 Å². The Balaban J connectivity index is 2.09. The van der Waals surface area contributed by atoms with Crippen LogP contribution in [-0.2, 0) is 6.16 Å². The molecule has 3 aromatic carbocycles. The van der Waals surface area contributed by atoms with Crippen LogP contribution in [0.2, 0.25) is 0 Å². The van der Waals surface area contributed by atoms with E-state index < -0.39 is 5.96 Å². The standard InChI is InChI=1S/C24H21ClNP/c25-27(22-13-4-1-5-14-22,23-15-6-2-7-16-23,24-17-8-3-9-18-24)20-21-12-10-11-19-26-21/h1-19H,20H2. The van der Waals surface area contributed by atoms with Crippen LogP contribution in [0.15, 0.2) is 115 Å². The van der Waals surface area contributed by atoms with Crippen LogP contribution in [0.4, 0.5) is 0 Å². The number of pyridine rings is 1. The first kappa shape index (κ1) is 17.9. The predicted molar refractivity (Wildman–Crippen MR) is 119 cm³/mol. The topological polar surface area (TPSA) is 12.9 Å². The second-order valence-corrected chi connectivity index (χ2v) is 13.1. The monoisotopic (exact) mass is 389 g/mol. The second-order valence-electron chi connectivity index (χ2n) is 6.67. The zero-order valence-corrected chi connectivity index (χ0v) is 16.6. The summed E-state index contributed by atoms with van der Waals surface area (Å²) >= 11 is 8.00. The number of benzene rings is 3. The van der Waals surface area contributed by atoms with Crippen molar-refractivity contribution in [2.45, 2.75) is 6.16 Å². The zero-order valence-electron chi connectivity index (χ0n) is 14.9. The summed E-state index contributed by atoms with van der Waals surface area (Å²) in [6.07, 6.45) is 2.51. The Bertz CT molecular complexity index is 906. The fourth-order valence-electron chi connectivity index (χ4n) is 3.73. The summed E-state index contributed by atoms with van der Waals surface area (Å²) in [5, 5.41) is 3.48. The number of halogens is 1. The number of nitrogens with zero attached hydrogens (tertiary/aromatic N) is 1. The number of aromatic nitrogens is 1. The molecule has 0 aliphatic rings. The molecule has 0 spiro atoms. The van der Waals surface area contributed by atoms with Gasteiger partial charge in [-0.3, -0.25) is 0 Å². The Kier molecular flexibility index (Phi) is 4.83. The Hall–Kier alpha value is -2.47. The third-order valence-corrected chi connectivity index (χ3v) is 12.2. The van der Waals surface area contributed by atoms with E-state index in [1.54, 1.807) is 0 Å². The first-order valence-corrected chi connectivity index (χ1v) is 12.3. The molecule has 0 aliphatic heterocycles. The van der Waals surface area contributed by atoms with Crippen LogP contribution in [-0.4, -0.2) is 4.98 Å². The maximum atomic E-state index is 8.00. The molecule has 0 saturated heterocycles. The van der Waals surface area contributed by atoms with Crippen LogP contribution in [0.5, 0.6) is 0 Å². The van der Waals surface area contributed by atoms with Crippen molar-refractivity contribution in [1.82, 2.24) is 4.98 Å². The quantitative estimate of drug-likeness (QED) is 0.424. The van der Waals surface area contributed by atoms with Crippen LogP contribution in [0.1, 0.15) is 5.69 Å². The van der Waals surface area contributed by atoms with E-state index in [0.717, 1.165) is 21.6 Å². The molecule has 0 radical (unpaired) electrons. The van der Waals surface area contributed by atoms with Gasteiger partial charge in [-0.1, -0.05) is 0 Å². The molecule has 0 N–H and O–H groups in total. The number of hydrogen-bond acceptors (Lipinski definition) is 1. The summed E-state index contributed by atoms with van der Waals surface area (Å²) in [6.45, 7) is 0. The summed E-state index contributed by atoms with van der Waals surface area (Å²) in [4.78, 5) is 4.63. The third-order valence-electron chi connectivity index (χ3n) is 5.07. The average Bonchev–Trinajstić information content (AvgIpc) is 2.76. The summed E-state index contributed by atoms with van der Waals surface area (Å²) < 4.78 is 0. The van der Waals surface area contributed by atoms with Crippen molar-refractivity contribution in [3.8, 4) is 0 Å². The van der Waals surface area contributed by atoms with Crippen molar-refractivity contribution < 1.29 is 0 Å². The molecular formula is C24H21ClNP. The van der Waals surface area contributed by atoms with Gasteiger partial charge in [0.15, 0.2) is 0 Å². The van der Waals surface area contributed by atoms with Crippen molar-refractivity contribution in [2.24, 2.45) is 0 Å². The van der Waals surface area contributed by atoms with Gasteiger partial charge in [-0.05, 0) is 0 Å². The third kappa shape index (κ3) is 3.08. The maximum absolute atomic E-state index is 8.00. The Labute approximate surface area is 165 Å². The molecule has 0 bridgehead atoms. The van der Waals surface area contributed by atoms with Crippen LogP contribution in [0.3, 0.4) is 0 Å². The first-order chi connectivity index (χ1) is 13.2. The molecule has 4 rings (SSSR count). The summed E-state index contributed by atoms with van der Waals surface area (Å²) in [5.41, 5.74) is 1.00. The SMILES string of the molecule is ClP(Cc1ccccn1)(c1ccccc1)(c1ccccc1)c1ccccc1. The molecule has 0 aliphatic carbocycles. The number of hydrogen-bond donors (Lipinski definition) is 0. The molecule has 4 aromatic rings. The van der Waals surface area contributed by atoms with Gasteiger partial charge in [0.05, 0.1) is 0 Å². The van der Waals surface area contributed by atoms with Crippen molar-refractivity contribution in [3.63, 3.8) is 0 Å². The molecule has 0 fully saturated rings. The van der Waals surface area contributed by atoms with E-state index in [1.807, 2.05) is 36.5 Å². The van der Waals surface area contributed by atoms with Gasteiger partial charge in [-0.25, -0.2) is 0 Å². The van der Waals surface area contributed by atoms with Crippen molar-refractivity contribution >= 4 is 33.1 Å². The van der Waals surface area contributed by atoms with Gasteiger partial charge in [-0.2, -0.15) is 0 Å². The predicted octanol–water partition coefficient (Wildman–Crippen LogP) is 5.27. The van der Waals surface area contributed by atoms with E-state index in [2.05, 4.69) is 83.8 Å². The fraction of sp³-hybridized carbons (Fsp3) is 0.0417. The van der Waals surface area contributed by atoms with Crippen LogP contribution in [0, 0.1) is 0 Å². The zero-order chi connectivity index (χ0) is 18.6. The van der Waals surface area contributed by atoms with Gasteiger partial charge in [0.2, 0.25) is 0 Å². The van der Waals surface area contributed by atoms with Crippen molar-refractivity contribution in [3.05, 3.63) is 121 Å². The molecule has 1 heterocycles. The minimum absolute atomic E-state index is 0.673. The second kappa shape index (κ2) is 7.27. The average molecular weight is 390 g/mol. The Morgan fingerprint density at radius 1 is 0.556 bits per heavy atom. The van der Waals surface area contributed by atoms with Gasteiger partial charge in [-0.15, -0.1) is 0 Å². The van der Waals surface area contributed by atoms with Gasteiger partial charge >= 0.3 is 165 Å². The van der Waals surface area contributed by atoms with Crippen LogP contribution < -0.4 is 15.9 Å². The molecule has 1 aromatic heterocycles. The van der Waals surface area contributed by atoms with E-state index >= 15 is 0 Å². The van der Waals surface area contributed by atoms with E-state index in [4.69, 9.17) is 11.2 Å². The summed E-state index contributed by atoms with van der Waals surface area (Å²) in [5.74, 6) is -3.27. The van der Waals surface area contributed by atoms with Gasteiger partial charge in [0.1, 0.15) is 0 Å². The minimum atomic E-state index is -3.27. The molecule has 3 heteroatoms. The molecule has 0 amide bonds. The van der Waals surface area contributed by atoms with Gasteiger partial charge in [0, 0.05) is 0 Å². The van der Waals surface area contributed by atoms with Gasteiger partial charge < -0.3 is 0 Å². The fourth-order valence-corrected chi connectivity index (χ4v) is 9.73. The summed E-state index contributed by atoms with van der Waals surface area (Å²) in [7, 11) is 0. The Morgan fingerprint density at radius 3 is 1.33 bits per heavy atom. The molecule has 27 heavy (non-hydrogen) atoms. The van der Waals surface area contributed by atoms with E-state index in [1.165, 1.54) is 0 Å². The van der Waals surface area contributed by atoms with Crippen molar-refractivity contribution in [2.75, 3.05) is 0 Å². The number of rotatable bonds is 5. The molecule has 134 valence electrons. The van der Waals surface area contributed by atoms with Gasteiger partial charge in [0.25, 0.3) is 0 Å². The summed E-state index contributed by atoms with van der Waals surface area (Å²) in [6, 6.07) is 37.6. The first-order valence-electron chi connectivity index (χ1n) is 9.01. The molecular weight excluding hydrogens is 369 g/mol. The molecule has 0 atom stereocenters. The normalized spacial score (nSPS) is 12.9. The Morgan fingerprint density at radius 2 is 0.963 bits per heavy atom. The van der Waals surface area contributed by atoms with E-state index in [0.29, 0.717) is 6.16 Å². The molecule has 0 unspecified atom stereocenters.